The number of amides is 2. The number of carboxylic acid groups (broad SMARTS) is 1. The van der Waals surface area contributed by atoms with E-state index < -0.39 is 18.0 Å². The van der Waals surface area contributed by atoms with E-state index in [-0.39, 0.29) is 0 Å². The van der Waals surface area contributed by atoms with Crippen molar-refractivity contribution in [2.24, 2.45) is 0 Å². The lowest BCUT2D eigenvalue weighted by Crippen LogP contribution is -2.51. The number of ether oxygens (including phenoxy) is 1. The van der Waals surface area contributed by atoms with E-state index in [2.05, 4.69) is 10.4 Å². The summed E-state index contributed by atoms with van der Waals surface area (Å²) in [7, 11) is 1.60. The van der Waals surface area contributed by atoms with Crippen molar-refractivity contribution in [2.75, 3.05) is 37.1 Å². The van der Waals surface area contributed by atoms with Crippen molar-refractivity contribution in [3.63, 3.8) is 0 Å². The van der Waals surface area contributed by atoms with Crippen LogP contribution in [-0.4, -0.2) is 69.6 Å². The minimum atomic E-state index is -0.979. The molecule has 1 atom stereocenters. The van der Waals surface area contributed by atoms with Crippen LogP contribution in [0.5, 0.6) is 0 Å². The quantitative estimate of drug-likeness (QED) is 0.824. The lowest BCUT2D eigenvalue weighted by molar-refractivity contribution is -0.141. The Bertz CT molecular complexity index is 507. The molecule has 2 N–H and O–H groups in total. The molecule has 0 bridgehead atoms. The Labute approximate surface area is 126 Å². The van der Waals surface area contributed by atoms with Gasteiger partial charge in [0.25, 0.3) is 0 Å². The third-order valence-corrected chi connectivity index (χ3v) is 4.11. The third kappa shape index (κ3) is 4.11. The van der Waals surface area contributed by atoms with Gasteiger partial charge in [0.05, 0.1) is 25.0 Å². The summed E-state index contributed by atoms with van der Waals surface area (Å²) >= 11 is 1.54. The van der Waals surface area contributed by atoms with Crippen molar-refractivity contribution >= 4 is 29.4 Å². The molecule has 0 radical (unpaired) electrons. The van der Waals surface area contributed by atoms with Crippen molar-refractivity contribution in [1.82, 2.24) is 14.7 Å². The molecule has 0 spiro atoms. The average molecular weight is 314 g/mol. The standard InChI is InChI=1S/C12H18N4O4S/c1-20-4-2-15-7-9(6-13-15)14-12(19)16-3-5-21-8-10(16)11(17)18/h6-7,10H,2-5,8H2,1H3,(H,14,19)(H,17,18). The first-order chi connectivity index (χ1) is 10.1. The van der Waals surface area contributed by atoms with Crippen molar-refractivity contribution < 1.29 is 19.4 Å². The smallest absolute Gasteiger partial charge is 0.327 e. The van der Waals surface area contributed by atoms with Gasteiger partial charge in [-0.2, -0.15) is 16.9 Å². The zero-order valence-corrected chi connectivity index (χ0v) is 12.5. The van der Waals surface area contributed by atoms with Crippen LogP contribution in [0.15, 0.2) is 12.4 Å². The Balaban J connectivity index is 1.96. The van der Waals surface area contributed by atoms with Crippen molar-refractivity contribution in [2.45, 2.75) is 12.6 Å². The van der Waals surface area contributed by atoms with Gasteiger partial charge in [-0.15, -0.1) is 0 Å². The van der Waals surface area contributed by atoms with Crippen LogP contribution in [0.1, 0.15) is 0 Å². The van der Waals surface area contributed by atoms with Crippen LogP contribution in [-0.2, 0) is 16.1 Å². The molecule has 1 aromatic heterocycles. The van der Waals surface area contributed by atoms with E-state index in [4.69, 9.17) is 9.84 Å². The second-order valence-electron chi connectivity index (χ2n) is 4.54. The predicted molar refractivity (Wildman–Crippen MR) is 78.6 cm³/mol. The topological polar surface area (TPSA) is 96.7 Å². The highest BCUT2D eigenvalue weighted by atomic mass is 32.2. The minimum absolute atomic E-state index is 0.408. The third-order valence-electron chi connectivity index (χ3n) is 3.08. The van der Waals surface area contributed by atoms with E-state index in [9.17, 15) is 9.59 Å². The number of methoxy groups -OCH3 is 1. The summed E-state index contributed by atoms with van der Waals surface area (Å²) in [5.74, 6) is 0.174. The number of anilines is 1. The number of nitrogens with one attached hydrogen (secondary N) is 1. The molecule has 0 aromatic carbocycles. The molecule has 2 heterocycles. The Morgan fingerprint density at radius 3 is 3.14 bits per heavy atom. The van der Waals surface area contributed by atoms with Crippen LogP contribution in [0, 0.1) is 0 Å². The summed E-state index contributed by atoms with van der Waals surface area (Å²) < 4.78 is 6.60. The molecular weight excluding hydrogens is 296 g/mol. The second-order valence-corrected chi connectivity index (χ2v) is 5.69. The fourth-order valence-electron chi connectivity index (χ4n) is 1.98. The fraction of sp³-hybridized carbons (Fsp3) is 0.583. The SMILES string of the molecule is COCCn1cc(NC(=O)N2CCSCC2C(=O)O)cn1. The lowest BCUT2D eigenvalue weighted by atomic mass is 10.3. The summed E-state index contributed by atoms with van der Waals surface area (Å²) in [4.78, 5) is 24.7. The van der Waals surface area contributed by atoms with E-state index in [1.807, 2.05) is 0 Å². The molecule has 1 aromatic rings. The number of carbonyl (C=O) groups excluding carboxylic acids is 1. The number of carboxylic acids is 1. The molecule has 116 valence electrons. The first kappa shape index (κ1) is 15.6. The fourth-order valence-corrected chi connectivity index (χ4v) is 3.02. The monoisotopic (exact) mass is 314 g/mol. The number of thioether (sulfide) groups is 1. The summed E-state index contributed by atoms with van der Waals surface area (Å²) in [5, 5.41) is 15.9. The molecule has 1 unspecified atom stereocenters. The number of nitrogens with zero attached hydrogens (tertiary/aromatic N) is 3. The number of hydrogen-bond acceptors (Lipinski definition) is 5. The molecular formula is C12H18N4O4S. The largest absolute Gasteiger partial charge is 0.480 e. The average Bonchev–Trinajstić information content (AvgIpc) is 2.92. The van der Waals surface area contributed by atoms with Gasteiger partial charge in [0.15, 0.2) is 0 Å². The molecule has 2 rings (SSSR count). The molecule has 0 aliphatic carbocycles. The number of hydrogen-bond donors (Lipinski definition) is 2. The van der Waals surface area contributed by atoms with E-state index in [0.717, 1.165) is 5.75 Å². The van der Waals surface area contributed by atoms with Crippen LogP contribution in [0.2, 0.25) is 0 Å². The highest BCUT2D eigenvalue weighted by Gasteiger charge is 2.32. The van der Waals surface area contributed by atoms with E-state index >= 15 is 0 Å². The summed E-state index contributed by atoms with van der Waals surface area (Å²) in [6, 6.07) is -1.19. The first-order valence-electron chi connectivity index (χ1n) is 6.51. The van der Waals surface area contributed by atoms with Gasteiger partial charge < -0.3 is 20.1 Å². The molecule has 21 heavy (non-hydrogen) atoms. The van der Waals surface area contributed by atoms with Crippen molar-refractivity contribution in [1.29, 1.82) is 0 Å². The molecule has 1 aliphatic heterocycles. The predicted octanol–water partition coefficient (Wildman–Crippen LogP) is 0.563. The van der Waals surface area contributed by atoms with Crippen LogP contribution >= 0.6 is 11.8 Å². The van der Waals surface area contributed by atoms with Gasteiger partial charge in [-0.05, 0) is 0 Å². The van der Waals surface area contributed by atoms with E-state index in [1.165, 1.54) is 22.9 Å². The van der Waals surface area contributed by atoms with Crippen LogP contribution < -0.4 is 5.32 Å². The zero-order valence-electron chi connectivity index (χ0n) is 11.7. The minimum Gasteiger partial charge on any atom is -0.480 e. The Morgan fingerprint density at radius 2 is 2.43 bits per heavy atom. The molecule has 1 aliphatic rings. The highest BCUT2D eigenvalue weighted by molar-refractivity contribution is 7.99. The van der Waals surface area contributed by atoms with Gasteiger partial charge in [-0.3, -0.25) is 4.68 Å². The summed E-state index contributed by atoms with van der Waals surface area (Å²) in [5.41, 5.74) is 0.540. The van der Waals surface area contributed by atoms with E-state index in [1.54, 1.807) is 18.0 Å². The second kappa shape index (κ2) is 7.32. The highest BCUT2D eigenvalue weighted by Crippen LogP contribution is 2.18. The molecule has 9 heteroatoms. The maximum absolute atomic E-state index is 12.2. The summed E-state index contributed by atoms with van der Waals surface area (Å²) in [6.45, 7) is 1.54. The van der Waals surface area contributed by atoms with Gasteiger partial charge in [-0.1, -0.05) is 0 Å². The maximum Gasteiger partial charge on any atom is 0.327 e. The lowest BCUT2D eigenvalue weighted by Gasteiger charge is -2.32. The van der Waals surface area contributed by atoms with Crippen molar-refractivity contribution in [3.8, 4) is 0 Å². The Kier molecular flexibility index (Phi) is 5.45. The maximum atomic E-state index is 12.2. The van der Waals surface area contributed by atoms with Gasteiger partial charge >= 0.3 is 12.0 Å². The number of aliphatic carboxylic acids is 1. The number of aromatic nitrogens is 2. The van der Waals surface area contributed by atoms with Crippen LogP contribution in [0.3, 0.4) is 0 Å². The van der Waals surface area contributed by atoms with Crippen LogP contribution in [0.4, 0.5) is 10.5 Å². The van der Waals surface area contributed by atoms with Gasteiger partial charge in [0.1, 0.15) is 6.04 Å². The number of carbonyl (C=O) groups is 2. The normalized spacial score (nSPS) is 18.5. The molecule has 2 amide bonds. The molecule has 0 saturated carbocycles. The number of urea groups is 1. The van der Waals surface area contributed by atoms with E-state index in [0.29, 0.717) is 31.1 Å². The molecule has 8 nitrogen and oxygen atoms in total. The van der Waals surface area contributed by atoms with Gasteiger partial charge in [-0.25, -0.2) is 9.59 Å². The molecule has 1 saturated heterocycles. The van der Waals surface area contributed by atoms with Gasteiger partial charge in [0, 0.05) is 31.4 Å². The summed E-state index contributed by atoms with van der Waals surface area (Å²) in [6.07, 6.45) is 3.22. The Hall–Kier alpha value is -1.74. The van der Waals surface area contributed by atoms with Crippen molar-refractivity contribution in [3.05, 3.63) is 12.4 Å². The Morgan fingerprint density at radius 1 is 1.62 bits per heavy atom. The molecule has 1 fully saturated rings. The van der Waals surface area contributed by atoms with Gasteiger partial charge in [0.2, 0.25) is 0 Å². The first-order valence-corrected chi connectivity index (χ1v) is 7.67. The van der Waals surface area contributed by atoms with Crippen LogP contribution in [0.25, 0.3) is 0 Å². The zero-order chi connectivity index (χ0) is 15.2. The number of rotatable bonds is 5.